The predicted molar refractivity (Wildman–Crippen MR) is 109 cm³/mol. The second-order valence-corrected chi connectivity index (χ2v) is 7.93. The number of halogens is 2. The molecule has 148 valence electrons. The fraction of sp³-hybridized carbons (Fsp3) is 0.381. The normalized spacial score (nSPS) is 14.5. The number of anilines is 2. The molecule has 1 heterocycles. The second-order valence-electron chi connectivity index (χ2n) is 6.70. The molecule has 0 amide bonds. The number of nitrogens with zero attached hydrogens (tertiary/aromatic N) is 2. The molecular weight excluding hydrogens is 380 g/mol. The van der Waals surface area contributed by atoms with Gasteiger partial charge >= 0.3 is 0 Å². The molecule has 1 aliphatic heterocycles. The van der Waals surface area contributed by atoms with Crippen molar-refractivity contribution in [2.24, 2.45) is 0 Å². The topological polar surface area (TPSA) is 48.3 Å². The van der Waals surface area contributed by atoms with Crippen molar-refractivity contribution in [1.29, 1.82) is 5.26 Å². The van der Waals surface area contributed by atoms with Gasteiger partial charge in [-0.1, -0.05) is 6.07 Å². The summed E-state index contributed by atoms with van der Waals surface area (Å²) >= 11 is 1.96. The quantitative estimate of drug-likeness (QED) is 0.679. The number of thioether (sulfide) groups is 1. The number of nitriles is 1. The average molecular weight is 403 g/mol. The number of nitrogens with one attached hydrogen (secondary N) is 1. The standard InChI is InChI=1S/C21H23F2N3OS/c1-15-3-4-19(18(23)11-15)25-20-12-16(22)13-21(17(20)14-24)27-8-2-5-26-6-9-28-10-7-26/h3-4,11-13,25H,2,5-10H2,1H3. The minimum absolute atomic E-state index is 0.163. The molecule has 7 heteroatoms. The van der Waals surface area contributed by atoms with E-state index in [1.807, 2.05) is 17.8 Å². The zero-order chi connectivity index (χ0) is 19.9. The molecule has 0 saturated carbocycles. The SMILES string of the molecule is Cc1ccc(Nc2cc(F)cc(OCCCN3CCSCC3)c2C#N)c(F)c1. The molecule has 1 aliphatic rings. The molecule has 0 aromatic heterocycles. The minimum Gasteiger partial charge on any atom is -0.492 e. The van der Waals surface area contributed by atoms with E-state index in [4.69, 9.17) is 4.74 Å². The van der Waals surface area contributed by atoms with Crippen LogP contribution in [-0.4, -0.2) is 42.6 Å². The van der Waals surface area contributed by atoms with Crippen molar-refractivity contribution in [1.82, 2.24) is 4.90 Å². The molecule has 3 rings (SSSR count). The Hall–Kier alpha value is -2.30. The van der Waals surface area contributed by atoms with Crippen LogP contribution in [0.1, 0.15) is 17.5 Å². The summed E-state index contributed by atoms with van der Waals surface area (Å²) in [5, 5.41) is 12.4. The van der Waals surface area contributed by atoms with Crippen LogP contribution in [0, 0.1) is 29.9 Å². The number of rotatable bonds is 7. The third-order valence-corrected chi connectivity index (χ3v) is 5.50. The first-order valence-electron chi connectivity index (χ1n) is 9.26. The predicted octanol–water partition coefficient (Wildman–Crippen LogP) is 4.71. The van der Waals surface area contributed by atoms with Gasteiger partial charge in [0, 0.05) is 37.2 Å². The van der Waals surface area contributed by atoms with Gasteiger partial charge in [0.2, 0.25) is 0 Å². The molecule has 1 fully saturated rings. The zero-order valence-electron chi connectivity index (χ0n) is 15.8. The van der Waals surface area contributed by atoms with E-state index in [0.717, 1.165) is 43.1 Å². The third-order valence-electron chi connectivity index (χ3n) is 4.55. The summed E-state index contributed by atoms with van der Waals surface area (Å²) in [6.45, 7) is 5.23. The van der Waals surface area contributed by atoms with Gasteiger partial charge in [-0.15, -0.1) is 0 Å². The van der Waals surface area contributed by atoms with E-state index >= 15 is 0 Å². The molecule has 1 saturated heterocycles. The van der Waals surface area contributed by atoms with Gasteiger partial charge in [-0.25, -0.2) is 8.78 Å². The minimum atomic E-state index is -0.544. The van der Waals surface area contributed by atoms with Crippen LogP contribution < -0.4 is 10.1 Å². The molecule has 0 radical (unpaired) electrons. The highest BCUT2D eigenvalue weighted by molar-refractivity contribution is 7.99. The van der Waals surface area contributed by atoms with Crippen LogP contribution in [-0.2, 0) is 0 Å². The van der Waals surface area contributed by atoms with Gasteiger partial charge < -0.3 is 15.0 Å². The van der Waals surface area contributed by atoms with Crippen molar-refractivity contribution in [2.45, 2.75) is 13.3 Å². The van der Waals surface area contributed by atoms with Crippen LogP contribution in [0.5, 0.6) is 5.75 Å². The highest BCUT2D eigenvalue weighted by Crippen LogP contribution is 2.31. The van der Waals surface area contributed by atoms with Gasteiger partial charge in [-0.2, -0.15) is 17.0 Å². The Morgan fingerprint density at radius 1 is 1.18 bits per heavy atom. The number of benzene rings is 2. The lowest BCUT2D eigenvalue weighted by Gasteiger charge is -2.25. The molecule has 0 spiro atoms. The molecule has 0 unspecified atom stereocenters. The number of hydrogen-bond acceptors (Lipinski definition) is 5. The molecule has 2 aromatic rings. The van der Waals surface area contributed by atoms with Crippen LogP contribution in [0.15, 0.2) is 30.3 Å². The largest absolute Gasteiger partial charge is 0.492 e. The monoisotopic (exact) mass is 403 g/mol. The summed E-state index contributed by atoms with van der Waals surface area (Å²) in [6, 6.07) is 9.11. The van der Waals surface area contributed by atoms with Gasteiger partial charge in [0.05, 0.1) is 18.0 Å². The molecular formula is C21H23F2N3OS. The Kier molecular flexibility index (Phi) is 7.12. The summed E-state index contributed by atoms with van der Waals surface area (Å²) < 4.78 is 33.9. The first kappa shape index (κ1) is 20.4. The van der Waals surface area contributed by atoms with Gasteiger partial charge in [0.25, 0.3) is 0 Å². The van der Waals surface area contributed by atoms with E-state index in [1.165, 1.54) is 18.2 Å². The first-order valence-corrected chi connectivity index (χ1v) is 10.4. The van der Waals surface area contributed by atoms with Crippen molar-refractivity contribution in [3.05, 3.63) is 53.1 Å². The lowest BCUT2D eigenvalue weighted by molar-refractivity contribution is 0.248. The summed E-state index contributed by atoms with van der Waals surface area (Å²) in [4.78, 5) is 2.38. The van der Waals surface area contributed by atoms with E-state index in [9.17, 15) is 14.0 Å². The van der Waals surface area contributed by atoms with Crippen molar-refractivity contribution in [2.75, 3.05) is 43.1 Å². The smallest absolute Gasteiger partial charge is 0.146 e. The maximum absolute atomic E-state index is 14.1. The number of ether oxygens (including phenoxy) is 1. The van der Waals surface area contributed by atoms with Crippen LogP contribution >= 0.6 is 11.8 Å². The van der Waals surface area contributed by atoms with E-state index in [0.29, 0.717) is 6.61 Å². The average Bonchev–Trinajstić information content (AvgIpc) is 2.68. The Bertz CT molecular complexity index is 863. The lowest BCUT2D eigenvalue weighted by atomic mass is 10.1. The maximum atomic E-state index is 14.1. The molecule has 28 heavy (non-hydrogen) atoms. The van der Waals surface area contributed by atoms with Crippen LogP contribution in [0.25, 0.3) is 0 Å². The Morgan fingerprint density at radius 3 is 2.68 bits per heavy atom. The van der Waals surface area contributed by atoms with Crippen molar-refractivity contribution < 1.29 is 13.5 Å². The van der Waals surface area contributed by atoms with Gasteiger partial charge in [-0.3, -0.25) is 0 Å². The van der Waals surface area contributed by atoms with Gasteiger partial charge in [0.15, 0.2) is 0 Å². The summed E-state index contributed by atoms with van der Waals surface area (Å²) in [5.41, 5.74) is 1.31. The molecule has 4 nitrogen and oxygen atoms in total. The molecule has 0 aliphatic carbocycles. The third kappa shape index (κ3) is 5.37. The Labute approximate surface area is 168 Å². The number of aryl methyl sites for hydroxylation is 1. The van der Waals surface area contributed by atoms with E-state index in [2.05, 4.69) is 10.2 Å². The molecule has 1 N–H and O–H groups in total. The van der Waals surface area contributed by atoms with E-state index < -0.39 is 11.6 Å². The van der Waals surface area contributed by atoms with Crippen LogP contribution in [0.2, 0.25) is 0 Å². The second kappa shape index (κ2) is 9.76. The summed E-state index contributed by atoms with van der Waals surface area (Å²) in [7, 11) is 0. The molecule has 2 aromatic carbocycles. The number of hydrogen-bond donors (Lipinski definition) is 1. The molecule has 0 atom stereocenters. The lowest BCUT2D eigenvalue weighted by Crippen LogP contribution is -2.33. The summed E-state index contributed by atoms with van der Waals surface area (Å²) in [6.07, 6.45) is 0.793. The fourth-order valence-corrected chi connectivity index (χ4v) is 4.05. The Morgan fingerprint density at radius 2 is 1.96 bits per heavy atom. The van der Waals surface area contributed by atoms with Crippen LogP contribution in [0.3, 0.4) is 0 Å². The van der Waals surface area contributed by atoms with Crippen molar-refractivity contribution in [3.63, 3.8) is 0 Å². The van der Waals surface area contributed by atoms with E-state index in [-0.39, 0.29) is 22.7 Å². The maximum Gasteiger partial charge on any atom is 0.146 e. The van der Waals surface area contributed by atoms with Gasteiger partial charge in [0.1, 0.15) is 29.0 Å². The van der Waals surface area contributed by atoms with Crippen molar-refractivity contribution in [3.8, 4) is 11.8 Å². The van der Waals surface area contributed by atoms with Crippen LogP contribution in [0.4, 0.5) is 20.2 Å². The fourth-order valence-electron chi connectivity index (χ4n) is 3.07. The molecule has 0 bridgehead atoms. The highest BCUT2D eigenvalue weighted by Gasteiger charge is 2.15. The first-order chi connectivity index (χ1) is 13.6. The Balaban J connectivity index is 1.68. The zero-order valence-corrected chi connectivity index (χ0v) is 16.6. The van der Waals surface area contributed by atoms with E-state index in [1.54, 1.807) is 19.1 Å². The summed E-state index contributed by atoms with van der Waals surface area (Å²) in [5.74, 6) is 1.46. The van der Waals surface area contributed by atoms with Gasteiger partial charge in [-0.05, 0) is 37.1 Å². The highest BCUT2D eigenvalue weighted by atomic mass is 32.2. The van der Waals surface area contributed by atoms with Crippen molar-refractivity contribution >= 4 is 23.1 Å².